The van der Waals surface area contributed by atoms with Crippen LogP contribution in [0.25, 0.3) is 0 Å². The van der Waals surface area contributed by atoms with Gasteiger partial charge in [0, 0.05) is 23.9 Å². The molecule has 0 amide bonds. The predicted octanol–water partition coefficient (Wildman–Crippen LogP) is 2.88. The summed E-state index contributed by atoms with van der Waals surface area (Å²) in [4.78, 5) is 4.59. The van der Waals surface area contributed by atoms with Gasteiger partial charge in [-0.05, 0) is 55.4 Å². The van der Waals surface area contributed by atoms with Crippen LogP contribution in [0.1, 0.15) is 41.1 Å². The Hall–Kier alpha value is -1.71. The highest BCUT2D eigenvalue weighted by atomic mass is 15.2. The Balaban J connectivity index is 1.71. The monoisotopic (exact) mass is 281 g/mol. The second-order valence-corrected chi connectivity index (χ2v) is 5.93. The van der Waals surface area contributed by atoms with E-state index >= 15 is 0 Å². The summed E-state index contributed by atoms with van der Waals surface area (Å²) in [7, 11) is 0. The van der Waals surface area contributed by atoms with Gasteiger partial charge in [-0.1, -0.05) is 30.3 Å². The van der Waals surface area contributed by atoms with E-state index in [1.54, 1.807) is 0 Å². The van der Waals surface area contributed by atoms with Crippen LogP contribution in [-0.4, -0.2) is 11.0 Å². The van der Waals surface area contributed by atoms with Crippen molar-refractivity contribution in [3.8, 4) is 0 Å². The number of fused-ring (bicyclic) bond motifs is 1. The fourth-order valence-corrected chi connectivity index (χ4v) is 3.44. The fraction of sp³-hybridized carbons (Fsp3) is 0.389. The molecule has 1 aromatic heterocycles. The smallest absolute Gasteiger partial charge is 0.0482 e. The molecule has 1 aromatic carbocycles. The molecule has 1 heterocycles. The second-order valence-electron chi connectivity index (χ2n) is 5.93. The lowest BCUT2D eigenvalue weighted by molar-refractivity contribution is 0.408. The third kappa shape index (κ3) is 2.99. The van der Waals surface area contributed by atoms with Gasteiger partial charge in [-0.3, -0.25) is 16.3 Å². The number of hydrazine groups is 1. The minimum atomic E-state index is 0.292. The van der Waals surface area contributed by atoms with Crippen molar-refractivity contribution in [3.63, 3.8) is 0 Å². The first-order valence-corrected chi connectivity index (χ1v) is 7.74. The first kappa shape index (κ1) is 14.2. The minimum Gasteiger partial charge on any atom is -0.271 e. The van der Waals surface area contributed by atoms with Crippen LogP contribution in [0.3, 0.4) is 0 Å². The third-order valence-corrected chi connectivity index (χ3v) is 4.69. The maximum atomic E-state index is 5.83. The van der Waals surface area contributed by atoms with E-state index in [-0.39, 0.29) is 0 Å². The van der Waals surface area contributed by atoms with E-state index in [1.165, 1.54) is 22.4 Å². The number of hydrogen-bond donors (Lipinski definition) is 2. The maximum Gasteiger partial charge on any atom is 0.0482 e. The summed E-state index contributed by atoms with van der Waals surface area (Å²) in [5.74, 6) is 6.27. The van der Waals surface area contributed by atoms with Crippen molar-refractivity contribution in [2.75, 3.05) is 0 Å². The number of aryl methyl sites for hydroxylation is 3. The molecule has 1 aliphatic carbocycles. The zero-order valence-electron chi connectivity index (χ0n) is 12.5. The summed E-state index contributed by atoms with van der Waals surface area (Å²) in [6.45, 7) is 2.17. The Morgan fingerprint density at radius 1 is 1.29 bits per heavy atom. The average Bonchev–Trinajstić information content (AvgIpc) is 2.94. The molecular weight excluding hydrogens is 258 g/mol. The zero-order valence-corrected chi connectivity index (χ0v) is 12.5. The average molecular weight is 281 g/mol. The predicted molar refractivity (Wildman–Crippen MR) is 85.9 cm³/mol. The summed E-state index contributed by atoms with van der Waals surface area (Å²) in [6.07, 6.45) is 6.26. The zero-order chi connectivity index (χ0) is 14.7. The van der Waals surface area contributed by atoms with Crippen molar-refractivity contribution in [1.82, 2.24) is 10.4 Å². The molecule has 2 atom stereocenters. The van der Waals surface area contributed by atoms with Crippen molar-refractivity contribution >= 4 is 0 Å². The summed E-state index contributed by atoms with van der Waals surface area (Å²) >= 11 is 0. The molecule has 0 saturated carbocycles. The standard InChI is InChI=1S/C18H23N3/c1-13-5-2-3-6-14(13)9-11-17(21-19)16-10-8-15-7-4-12-20-18(15)16/h2-7,12,16-17,21H,8-11,19H2,1H3. The summed E-state index contributed by atoms with van der Waals surface area (Å²) in [5, 5.41) is 0. The summed E-state index contributed by atoms with van der Waals surface area (Å²) < 4.78 is 0. The largest absolute Gasteiger partial charge is 0.271 e. The van der Waals surface area contributed by atoms with Gasteiger partial charge < -0.3 is 0 Å². The van der Waals surface area contributed by atoms with Gasteiger partial charge in [0.15, 0.2) is 0 Å². The Morgan fingerprint density at radius 2 is 2.14 bits per heavy atom. The molecule has 3 rings (SSSR count). The highest BCUT2D eigenvalue weighted by Gasteiger charge is 2.30. The maximum absolute atomic E-state index is 5.83. The van der Waals surface area contributed by atoms with E-state index in [9.17, 15) is 0 Å². The van der Waals surface area contributed by atoms with E-state index in [0.717, 1.165) is 25.7 Å². The quantitative estimate of drug-likeness (QED) is 0.654. The first-order valence-electron chi connectivity index (χ1n) is 7.74. The van der Waals surface area contributed by atoms with Gasteiger partial charge >= 0.3 is 0 Å². The van der Waals surface area contributed by atoms with E-state index in [4.69, 9.17) is 5.84 Å². The van der Waals surface area contributed by atoms with Crippen molar-refractivity contribution < 1.29 is 0 Å². The van der Waals surface area contributed by atoms with E-state index in [1.807, 2.05) is 12.3 Å². The second kappa shape index (κ2) is 6.37. The lowest BCUT2D eigenvalue weighted by Gasteiger charge is -2.23. The molecule has 0 aliphatic heterocycles. The molecule has 0 saturated heterocycles. The molecule has 0 spiro atoms. The molecule has 0 fully saturated rings. The van der Waals surface area contributed by atoms with Gasteiger partial charge in [0.1, 0.15) is 0 Å². The molecule has 0 radical (unpaired) electrons. The van der Waals surface area contributed by atoms with Gasteiger partial charge in [0.05, 0.1) is 0 Å². The Kier molecular flexibility index (Phi) is 4.32. The van der Waals surface area contributed by atoms with E-state index < -0.39 is 0 Å². The topological polar surface area (TPSA) is 50.9 Å². The van der Waals surface area contributed by atoms with Crippen LogP contribution in [-0.2, 0) is 12.8 Å². The number of nitrogens with one attached hydrogen (secondary N) is 1. The lowest BCUT2D eigenvalue weighted by atomic mass is 9.91. The van der Waals surface area contributed by atoms with Gasteiger partial charge in [-0.2, -0.15) is 0 Å². The number of nitrogens with two attached hydrogens (primary N) is 1. The SMILES string of the molecule is Cc1ccccc1CCC(NN)C1CCc2cccnc21. The molecule has 2 aromatic rings. The fourth-order valence-electron chi connectivity index (χ4n) is 3.44. The molecule has 3 heteroatoms. The van der Waals surface area contributed by atoms with Crippen LogP contribution in [0.2, 0.25) is 0 Å². The summed E-state index contributed by atoms with van der Waals surface area (Å²) in [5.41, 5.74) is 8.44. The molecule has 0 bridgehead atoms. The minimum absolute atomic E-state index is 0.292. The highest BCUT2D eigenvalue weighted by molar-refractivity contribution is 5.30. The van der Waals surface area contributed by atoms with Crippen LogP contribution in [0.4, 0.5) is 0 Å². The number of pyridine rings is 1. The Labute approximate surface area is 126 Å². The van der Waals surface area contributed by atoms with Crippen LogP contribution in [0.15, 0.2) is 42.6 Å². The molecule has 1 aliphatic rings. The number of benzene rings is 1. The molecule has 110 valence electrons. The number of aromatic nitrogens is 1. The van der Waals surface area contributed by atoms with E-state index in [2.05, 4.69) is 47.7 Å². The van der Waals surface area contributed by atoms with Crippen LogP contribution < -0.4 is 11.3 Å². The molecule has 2 unspecified atom stereocenters. The van der Waals surface area contributed by atoms with Crippen molar-refractivity contribution in [1.29, 1.82) is 0 Å². The Morgan fingerprint density at radius 3 is 2.95 bits per heavy atom. The molecular formula is C18H23N3. The number of nitrogens with zero attached hydrogens (tertiary/aromatic N) is 1. The van der Waals surface area contributed by atoms with Gasteiger partial charge in [0.25, 0.3) is 0 Å². The number of hydrogen-bond acceptors (Lipinski definition) is 3. The summed E-state index contributed by atoms with van der Waals surface area (Å²) in [6, 6.07) is 13.1. The molecule has 3 nitrogen and oxygen atoms in total. The van der Waals surface area contributed by atoms with Gasteiger partial charge in [-0.15, -0.1) is 0 Å². The molecule has 3 N–H and O–H groups in total. The normalized spacial score (nSPS) is 18.5. The molecule has 21 heavy (non-hydrogen) atoms. The van der Waals surface area contributed by atoms with Crippen molar-refractivity contribution in [2.24, 2.45) is 5.84 Å². The van der Waals surface area contributed by atoms with Gasteiger partial charge in [0.2, 0.25) is 0 Å². The van der Waals surface area contributed by atoms with Gasteiger partial charge in [-0.25, -0.2) is 0 Å². The van der Waals surface area contributed by atoms with E-state index in [0.29, 0.717) is 12.0 Å². The van der Waals surface area contributed by atoms with Crippen molar-refractivity contribution in [2.45, 2.75) is 44.6 Å². The lowest BCUT2D eigenvalue weighted by Crippen LogP contribution is -2.39. The first-order chi connectivity index (χ1) is 10.3. The third-order valence-electron chi connectivity index (χ3n) is 4.69. The van der Waals surface area contributed by atoms with Crippen LogP contribution in [0.5, 0.6) is 0 Å². The van der Waals surface area contributed by atoms with Crippen molar-refractivity contribution in [3.05, 3.63) is 65.0 Å². The van der Waals surface area contributed by atoms with Crippen LogP contribution in [0, 0.1) is 6.92 Å². The highest BCUT2D eigenvalue weighted by Crippen LogP contribution is 2.35. The Bertz CT molecular complexity index is 609. The van der Waals surface area contributed by atoms with Crippen LogP contribution >= 0.6 is 0 Å². The number of rotatable bonds is 5.